The van der Waals surface area contributed by atoms with Crippen LogP contribution in [-0.4, -0.2) is 35.9 Å². The minimum absolute atomic E-state index is 0.684. The number of aliphatic carboxylic acids is 1. The number of carbonyl (C=O) groups is 2. The molecule has 0 saturated carbocycles. The summed E-state index contributed by atoms with van der Waals surface area (Å²) in [5.41, 5.74) is -0.0550. The first-order valence-electron chi connectivity index (χ1n) is 7.08. The van der Waals surface area contributed by atoms with Gasteiger partial charge in [-0.3, -0.25) is 4.79 Å². The average molecular weight is 314 g/mol. The Balaban J connectivity index is 2.27. The maximum atomic E-state index is 11.6. The number of rotatable bonds is 5. The summed E-state index contributed by atoms with van der Waals surface area (Å²) >= 11 is 0. The third-order valence-corrected chi connectivity index (χ3v) is 3.46. The van der Waals surface area contributed by atoms with Crippen LogP contribution >= 0.6 is 0 Å². The number of methoxy groups -OCH3 is 1. The van der Waals surface area contributed by atoms with E-state index in [1.54, 1.807) is 12.2 Å². The molecule has 0 spiro atoms. The van der Waals surface area contributed by atoms with Gasteiger partial charge in [0.2, 0.25) is 0 Å². The smallest absolute Gasteiger partial charge is 0.355 e. The summed E-state index contributed by atoms with van der Waals surface area (Å²) in [6.45, 7) is 1.17. The van der Waals surface area contributed by atoms with Crippen LogP contribution in [0.3, 0.4) is 0 Å². The Morgan fingerprint density at radius 2 is 1.91 bits per heavy atom. The van der Waals surface area contributed by atoms with E-state index in [2.05, 4.69) is 0 Å². The first-order chi connectivity index (χ1) is 11.0. The number of carboxylic acid groups (broad SMARTS) is 1. The van der Waals surface area contributed by atoms with E-state index >= 15 is 0 Å². The number of benzene rings is 1. The second-order valence-corrected chi connectivity index (χ2v) is 5.09. The Bertz CT molecular complexity index is 672. The number of ether oxygens (including phenoxy) is 2. The number of carboxylic acids is 1. The normalized spacial score (nSPS) is 23.6. The summed E-state index contributed by atoms with van der Waals surface area (Å²) in [6.07, 6.45) is 7.40. The Morgan fingerprint density at radius 3 is 2.48 bits per heavy atom. The third kappa shape index (κ3) is 3.76. The molecule has 5 heteroatoms. The molecular formula is C18H18O5. The van der Waals surface area contributed by atoms with Crippen LogP contribution in [0.2, 0.25) is 0 Å². The van der Waals surface area contributed by atoms with E-state index in [1.807, 2.05) is 42.5 Å². The molecule has 5 nitrogen and oxygen atoms in total. The summed E-state index contributed by atoms with van der Waals surface area (Å²) in [5, 5.41) is 9.48. The van der Waals surface area contributed by atoms with Crippen molar-refractivity contribution in [1.82, 2.24) is 0 Å². The molecule has 1 N–H and O–H groups in total. The summed E-state index contributed by atoms with van der Waals surface area (Å²) in [5.74, 6) is -1.96. The molecule has 23 heavy (non-hydrogen) atoms. The van der Waals surface area contributed by atoms with Crippen LogP contribution in [0.15, 0.2) is 60.2 Å². The van der Waals surface area contributed by atoms with Crippen LogP contribution < -0.4 is 0 Å². The fourth-order valence-corrected chi connectivity index (χ4v) is 2.35. The molecule has 2 atom stereocenters. The molecule has 0 aliphatic heterocycles. The number of hydrogen-bond donors (Lipinski definition) is 1. The molecule has 1 aromatic carbocycles. The van der Waals surface area contributed by atoms with E-state index in [4.69, 9.17) is 9.47 Å². The lowest BCUT2D eigenvalue weighted by molar-refractivity contribution is -0.181. The minimum Gasteiger partial charge on any atom is -0.478 e. The SMILES string of the molecule is COC1C=C(C=Cc2ccccc2)C=CC1(OC(C)=O)C(=O)O. The molecule has 1 aromatic rings. The van der Waals surface area contributed by atoms with E-state index in [-0.39, 0.29) is 0 Å². The Kier molecular flexibility index (Phi) is 5.13. The summed E-state index contributed by atoms with van der Waals surface area (Å²) in [7, 11) is 1.38. The van der Waals surface area contributed by atoms with E-state index < -0.39 is 23.6 Å². The fourth-order valence-electron chi connectivity index (χ4n) is 2.35. The largest absolute Gasteiger partial charge is 0.478 e. The lowest BCUT2D eigenvalue weighted by Gasteiger charge is -2.33. The van der Waals surface area contributed by atoms with Crippen LogP contribution in [0.1, 0.15) is 12.5 Å². The Hall–Kier alpha value is -2.66. The second-order valence-electron chi connectivity index (χ2n) is 5.09. The fraction of sp³-hybridized carbons (Fsp3) is 0.222. The summed E-state index contributed by atoms with van der Waals surface area (Å²) in [4.78, 5) is 22.9. The lowest BCUT2D eigenvalue weighted by atomic mass is 9.88. The molecule has 0 aromatic heterocycles. The highest BCUT2D eigenvalue weighted by atomic mass is 16.6. The summed E-state index contributed by atoms with van der Waals surface area (Å²) in [6, 6.07) is 9.70. The quantitative estimate of drug-likeness (QED) is 0.846. The highest BCUT2D eigenvalue weighted by molar-refractivity contribution is 5.86. The van der Waals surface area contributed by atoms with Crippen molar-refractivity contribution < 1.29 is 24.2 Å². The average Bonchev–Trinajstić information content (AvgIpc) is 2.54. The van der Waals surface area contributed by atoms with E-state index in [1.165, 1.54) is 20.1 Å². The van der Waals surface area contributed by atoms with Crippen molar-refractivity contribution in [2.24, 2.45) is 0 Å². The number of hydrogen-bond acceptors (Lipinski definition) is 4. The van der Waals surface area contributed by atoms with Gasteiger partial charge in [0.1, 0.15) is 6.10 Å². The van der Waals surface area contributed by atoms with Crippen molar-refractivity contribution in [2.45, 2.75) is 18.6 Å². The lowest BCUT2D eigenvalue weighted by Crippen LogP contribution is -2.52. The van der Waals surface area contributed by atoms with Crippen LogP contribution in [0.25, 0.3) is 6.08 Å². The standard InChI is InChI=1S/C18H18O5/c1-13(19)23-18(17(20)21)11-10-15(12-16(18)22-2)9-8-14-6-4-3-5-7-14/h3-12,16H,1-2H3,(H,20,21). The van der Waals surface area contributed by atoms with Gasteiger partial charge in [0, 0.05) is 14.0 Å². The van der Waals surface area contributed by atoms with E-state index in [9.17, 15) is 14.7 Å². The van der Waals surface area contributed by atoms with Crippen LogP contribution in [0.5, 0.6) is 0 Å². The maximum absolute atomic E-state index is 11.6. The van der Waals surface area contributed by atoms with Crippen LogP contribution in [0, 0.1) is 0 Å². The highest BCUT2D eigenvalue weighted by Gasteiger charge is 2.48. The zero-order chi connectivity index (χ0) is 16.9. The van der Waals surface area contributed by atoms with Gasteiger partial charge in [-0.15, -0.1) is 0 Å². The topological polar surface area (TPSA) is 72.8 Å². The second kappa shape index (κ2) is 7.07. The first-order valence-corrected chi connectivity index (χ1v) is 7.08. The van der Waals surface area contributed by atoms with Gasteiger partial charge >= 0.3 is 11.9 Å². The van der Waals surface area contributed by atoms with E-state index in [0.717, 1.165) is 11.1 Å². The molecule has 2 unspecified atom stereocenters. The molecule has 1 aliphatic carbocycles. The van der Waals surface area contributed by atoms with Gasteiger partial charge in [0.15, 0.2) is 0 Å². The molecule has 0 saturated heterocycles. The van der Waals surface area contributed by atoms with Crippen molar-refractivity contribution in [3.05, 3.63) is 65.8 Å². The molecule has 0 amide bonds. The predicted molar refractivity (Wildman–Crippen MR) is 85.6 cm³/mol. The minimum atomic E-state index is -1.84. The highest BCUT2D eigenvalue weighted by Crippen LogP contribution is 2.29. The van der Waals surface area contributed by atoms with Crippen molar-refractivity contribution >= 4 is 18.0 Å². The number of esters is 1. The van der Waals surface area contributed by atoms with Crippen molar-refractivity contribution in [1.29, 1.82) is 0 Å². The predicted octanol–water partition coefficient (Wildman–Crippen LogP) is 2.60. The van der Waals surface area contributed by atoms with Crippen molar-refractivity contribution in [2.75, 3.05) is 7.11 Å². The number of carbonyl (C=O) groups excluding carboxylic acids is 1. The molecular weight excluding hydrogens is 296 g/mol. The zero-order valence-electron chi connectivity index (χ0n) is 12.9. The summed E-state index contributed by atoms with van der Waals surface area (Å²) < 4.78 is 10.3. The van der Waals surface area contributed by atoms with Crippen LogP contribution in [0.4, 0.5) is 0 Å². The van der Waals surface area contributed by atoms with Crippen LogP contribution in [-0.2, 0) is 19.1 Å². The molecule has 2 rings (SSSR count). The number of allylic oxidation sites excluding steroid dienone is 3. The van der Waals surface area contributed by atoms with Gasteiger partial charge in [-0.2, -0.15) is 0 Å². The van der Waals surface area contributed by atoms with Gasteiger partial charge in [0.05, 0.1) is 0 Å². The molecule has 0 radical (unpaired) electrons. The van der Waals surface area contributed by atoms with Gasteiger partial charge in [-0.1, -0.05) is 48.6 Å². The van der Waals surface area contributed by atoms with E-state index in [0.29, 0.717) is 0 Å². The zero-order valence-corrected chi connectivity index (χ0v) is 12.9. The molecule has 0 heterocycles. The molecule has 1 aliphatic rings. The Labute approximate surface area is 134 Å². The monoisotopic (exact) mass is 314 g/mol. The third-order valence-electron chi connectivity index (χ3n) is 3.46. The molecule has 120 valence electrons. The Morgan fingerprint density at radius 1 is 1.22 bits per heavy atom. The molecule has 0 bridgehead atoms. The van der Waals surface area contributed by atoms with Crippen molar-refractivity contribution in [3.8, 4) is 0 Å². The van der Waals surface area contributed by atoms with Gasteiger partial charge in [-0.25, -0.2) is 4.79 Å². The first kappa shape index (κ1) is 16.7. The van der Waals surface area contributed by atoms with Crippen molar-refractivity contribution in [3.63, 3.8) is 0 Å². The maximum Gasteiger partial charge on any atom is 0.355 e. The molecule has 0 fully saturated rings. The van der Waals surface area contributed by atoms with Gasteiger partial charge in [0.25, 0.3) is 5.60 Å². The van der Waals surface area contributed by atoms with Gasteiger partial charge in [-0.05, 0) is 23.3 Å². The van der Waals surface area contributed by atoms with Gasteiger partial charge < -0.3 is 14.6 Å².